The minimum absolute atomic E-state index is 0.149. The third-order valence-corrected chi connectivity index (χ3v) is 5.10. The molecule has 9 heteroatoms. The lowest BCUT2D eigenvalue weighted by molar-refractivity contribution is -0.135. The van der Waals surface area contributed by atoms with E-state index in [1.807, 2.05) is 13.0 Å². The van der Waals surface area contributed by atoms with Gasteiger partial charge in [0.1, 0.15) is 10.8 Å². The first kappa shape index (κ1) is 21.2. The maximum Gasteiger partial charge on any atom is 0.341 e. The van der Waals surface area contributed by atoms with E-state index >= 15 is 0 Å². The van der Waals surface area contributed by atoms with Gasteiger partial charge in [0.25, 0.3) is 5.91 Å². The molecule has 0 atom stereocenters. The molecule has 8 nitrogen and oxygen atoms in total. The normalized spacial score (nSPS) is 10.2. The Morgan fingerprint density at radius 1 is 1.36 bits per heavy atom. The zero-order chi connectivity index (χ0) is 20.7. The van der Waals surface area contributed by atoms with Crippen LogP contribution in [0.2, 0.25) is 0 Å². The van der Waals surface area contributed by atoms with Gasteiger partial charge in [-0.3, -0.25) is 9.59 Å². The van der Waals surface area contributed by atoms with Gasteiger partial charge in [-0.1, -0.05) is 0 Å². The molecular formula is C19H21N3O5S. The van der Waals surface area contributed by atoms with Crippen molar-refractivity contribution in [3.63, 3.8) is 0 Å². The quantitative estimate of drug-likeness (QED) is 0.678. The highest BCUT2D eigenvalue weighted by molar-refractivity contribution is 7.16. The molecule has 2 aromatic rings. The van der Waals surface area contributed by atoms with Gasteiger partial charge in [0.2, 0.25) is 5.91 Å². The molecule has 2 aromatic heterocycles. The summed E-state index contributed by atoms with van der Waals surface area (Å²) in [4.78, 5) is 38.7. The van der Waals surface area contributed by atoms with Crippen LogP contribution in [0.1, 0.15) is 39.9 Å². The largest absolute Gasteiger partial charge is 0.467 e. The van der Waals surface area contributed by atoms with Crippen molar-refractivity contribution in [3.05, 3.63) is 40.2 Å². The van der Waals surface area contributed by atoms with Crippen molar-refractivity contribution in [2.24, 2.45) is 0 Å². The van der Waals surface area contributed by atoms with E-state index in [4.69, 9.17) is 14.4 Å². The van der Waals surface area contributed by atoms with E-state index in [0.717, 1.165) is 4.88 Å². The first-order chi connectivity index (χ1) is 13.3. The molecule has 0 fully saturated rings. The lowest BCUT2D eigenvalue weighted by Crippen LogP contribution is -2.35. The van der Waals surface area contributed by atoms with Gasteiger partial charge in [-0.25, -0.2) is 4.79 Å². The van der Waals surface area contributed by atoms with Crippen molar-refractivity contribution < 1.29 is 23.5 Å². The number of aryl methyl sites for hydroxylation is 1. The average Bonchev–Trinajstić information content (AvgIpc) is 3.24. The second-order valence-corrected chi connectivity index (χ2v) is 7.27. The van der Waals surface area contributed by atoms with Crippen LogP contribution in [-0.2, 0) is 20.9 Å². The first-order valence-electron chi connectivity index (χ1n) is 8.55. The number of esters is 1. The number of carbonyl (C=O) groups is 3. The van der Waals surface area contributed by atoms with Crippen molar-refractivity contribution in [1.82, 2.24) is 4.90 Å². The molecule has 0 aliphatic rings. The van der Waals surface area contributed by atoms with Crippen LogP contribution in [0.25, 0.3) is 0 Å². The number of amides is 2. The molecule has 0 aliphatic carbocycles. The molecule has 0 aliphatic heterocycles. The molecule has 148 valence electrons. The summed E-state index contributed by atoms with van der Waals surface area (Å²) in [5, 5.41) is 11.8. The molecule has 2 heterocycles. The molecular weight excluding hydrogens is 382 g/mol. The third-order valence-electron chi connectivity index (χ3n) is 3.98. The van der Waals surface area contributed by atoms with Gasteiger partial charge in [0.05, 0.1) is 30.9 Å². The van der Waals surface area contributed by atoms with Crippen molar-refractivity contribution in [3.8, 4) is 6.07 Å². The van der Waals surface area contributed by atoms with E-state index in [0.29, 0.717) is 16.3 Å². The second-order valence-electron chi connectivity index (χ2n) is 6.05. The number of furan rings is 1. The number of hydrogen-bond donors (Lipinski definition) is 1. The molecule has 0 saturated heterocycles. The van der Waals surface area contributed by atoms with Gasteiger partial charge in [-0.2, -0.15) is 5.26 Å². The predicted molar refractivity (Wildman–Crippen MR) is 103 cm³/mol. The van der Waals surface area contributed by atoms with Gasteiger partial charge in [-0.15, -0.1) is 11.3 Å². The van der Waals surface area contributed by atoms with E-state index in [1.54, 1.807) is 19.1 Å². The standard InChI is InChI=1S/C19H21N3O5S/c1-12-13(2)28-18(21-14(3)23)17(12)19(25)27-11-16(24)22(8-5-7-20)10-15-6-4-9-26-15/h4,6,9H,5,8,10-11H2,1-3H3,(H,21,23). The van der Waals surface area contributed by atoms with E-state index in [2.05, 4.69) is 5.32 Å². The first-order valence-corrected chi connectivity index (χ1v) is 9.37. The molecule has 1 N–H and O–H groups in total. The number of thiophene rings is 1. The fraction of sp³-hybridized carbons (Fsp3) is 0.368. The number of hydrogen-bond acceptors (Lipinski definition) is 7. The van der Waals surface area contributed by atoms with Gasteiger partial charge < -0.3 is 19.4 Å². The van der Waals surface area contributed by atoms with E-state index in [9.17, 15) is 14.4 Å². The highest BCUT2D eigenvalue weighted by atomic mass is 32.1. The maximum absolute atomic E-state index is 12.5. The van der Waals surface area contributed by atoms with Crippen molar-refractivity contribution in [1.29, 1.82) is 5.26 Å². The lowest BCUT2D eigenvalue weighted by Gasteiger charge is -2.20. The van der Waals surface area contributed by atoms with Crippen LogP contribution in [0.3, 0.4) is 0 Å². The molecule has 0 bridgehead atoms. The Hall–Kier alpha value is -3.12. The molecule has 0 aromatic carbocycles. The molecule has 0 unspecified atom stereocenters. The topological polar surface area (TPSA) is 113 Å². The molecule has 2 amide bonds. The summed E-state index contributed by atoms with van der Waals surface area (Å²) in [5.41, 5.74) is 0.947. The third kappa shape index (κ3) is 5.44. The van der Waals surface area contributed by atoms with Crippen LogP contribution in [0.4, 0.5) is 5.00 Å². The number of nitriles is 1. The number of carbonyl (C=O) groups excluding carboxylic acids is 3. The van der Waals surface area contributed by atoms with Crippen LogP contribution < -0.4 is 5.32 Å². The Morgan fingerprint density at radius 2 is 2.11 bits per heavy atom. The van der Waals surface area contributed by atoms with Gasteiger partial charge in [0, 0.05) is 18.3 Å². The Balaban J connectivity index is 2.06. The van der Waals surface area contributed by atoms with Crippen molar-refractivity contribution >= 4 is 34.1 Å². The van der Waals surface area contributed by atoms with Gasteiger partial charge in [0.15, 0.2) is 6.61 Å². The minimum atomic E-state index is -0.683. The Bertz CT molecular complexity index is 896. The summed E-state index contributed by atoms with van der Waals surface area (Å²) in [6, 6.07) is 5.41. The summed E-state index contributed by atoms with van der Waals surface area (Å²) in [6.45, 7) is 4.84. The van der Waals surface area contributed by atoms with Crippen LogP contribution in [0.15, 0.2) is 22.8 Å². The summed E-state index contributed by atoms with van der Waals surface area (Å²) >= 11 is 1.28. The number of ether oxygens (including phenoxy) is 1. The van der Waals surface area contributed by atoms with Crippen molar-refractivity contribution in [2.75, 3.05) is 18.5 Å². The fourth-order valence-electron chi connectivity index (χ4n) is 2.48. The molecule has 0 spiro atoms. The summed E-state index contributed by atoms with van der Waals surface area (Å²) in [7, 11) is 0. The van der Waals surface area contributed by atoms with Crippen LogP contribution in [-0.4, -0.2) is 35.8 Å². The summed E-state index contributed by atoms with van der Waals surface area (Å²) < 4.78 is 10.4. The number of rotatable bonds is 8. The van der Waals surface area contributed by atoms with E-state index in [-0.39, 0.29) is 31.0 Å². The lowest BCUT2D eigenvalue weighted by atomic mass is 10.1. The number of anilines is 1. The molecule has 0 radical (unpaired) electrons. The van der Waals surface area contributed by atoms with E-state index in [1.165, 1.54) is 29.4 Å². The van der Waals surface area contributed by atoms with Crippen LogP contribution in [0, 0.1) is 25.2 Å². The zero-order valence-corrected chi connectivity index (χ0v) is 16.7. The SMILES string of the molecule is CC(=O)Nc1sc(C)c(C)c1C(=O)OCC(=O)N(CCC#N)Cc1ccco1. The Morgan fingerprint density at radius 3 is 2.71 bits per heavy atom. The number of nitrogens with zero attached hydrogens (tertiary/aromatic N) is 2. The highest BCUT2D eigenvalue weighted by Crippen LogP contribution is 2.33. The predicted octanol–water partition coefficient (Wildman–Crippen LogP) is 3.02. The summed E-state index contributed by atoms with van der Waals surface area (Å²) in [6.07, 6.45) is 1.64. The Kier molecular flexibility index (Phi) is 7.35. The molecule has 0 saturated carbocycles. The minimum Gasteiger partial charge on any atom is -0.467 e. The maximum atomic E-state index is 12.5. The fourth-order valence-corrected chi connectivity index (χ4v) is 3.57. The van der Waals surface area contributed by atoms with Crippen molar-refractivity contribution in [2.45, 2.75) is 33.7 Å². The van der Waals surface area contributed by atoms with Gasteiger partial charge >= 0.3 is 5.97 Å². The smallest absolute Gasteiger partial charge is 0.341 e. The molecule has 28 heavy (non-hydrogen) atoms. The van der Waals surface area contributed by atoms with Crippen LogP contribution in [0.5, 0.6) is 0 Å². The number of nitrogens with one attached hydrogen (secondary N) is 1. The second kappa shape index (κ2) is 9.71. The monoisotopic (exact) mass is 403 g/mol. The van der Waals surface area contributed by atoms with Gasteiger partial charge in [-0.05, 0) is 31.5 Å². The van der Waals surface area contributed by atoms with E-state index < -0.39 is 18.5 Å². The summed E-state index contributed by atoms with van der Waals surface area (Å²) in [5.74, 6) is -0.856. The Labute approximate surface area is 166 Å². The molecule has 2 rings (SSSR count). The highest BCUT2D eigenvalue weighted by Gasteiger charge is 2.24. The van der Waals surface area contributed by atoms with Crippen LogP contribution >= 0.6 is 11.3 Å². The zero-order valence-electron chi connectivity index (χ0n) is 15.9. The average molecular weight is 403 g/mol.